The minimum atomic E-state index is -3.35. The lowest BCUT2D eigenvalue weighted by Crippen LogP contribution is -2.41. The summed E-state index contributed by atoms with van der Waals surface area (Å²) in [4.78, 5) is 4.65. The van der Waals surface area contributed by atoms with Crippen LogP contribution in [-0.4, -0.2) is 58.1 Å². The highest BCUT2D eigenvalue weighted by atomic mass is 127. The molecule has 1 saturated heterocycles. The van der Waals surface area contributed by atoms with Crippen LogP contribution in [0.3, 0.4) is 0 Å². The molecule has 1 heterocycles. The van der Waals surface area contributed by atoms with Crippen LogP contribution in [-0.2, 0) is 27.1 Å². The van der Waals surface area contributed by atoms with Gasteiger partial charge in [-0.3, -0.25) is 0 Å². The Bertz CT molecular complexity index is 722. The fourth-order valence-electron chi connectivity index (χ4n) is 3.05. The van der Waals surface area contributed by atoms with Crippen LogP contribution in [0.2, 0.25) is 0 Å². The van der Waals surface area contributed by atoms with Crippen LogP contribution in [0.15, 0.2) is 29.3 Å². The maximum absolute atomic E-state index is 12.8. The van der Waals surface area contributed by atoms with Gasteiger partial charge in [-0.25, -0.2) is 13.4 Å². The van der Waals surface area contributed by atoms with Crippen molar-refractivity contribution in [3.05, 3.63) is 35.4 Å². The fourth-order valence-corrected chi connectivity index (χ4v) is 4.62. The van der Waals surface area contributed by atoms with Crippen molar-refractivity contribution < 1.29 is 13.2 Å². The van der Waals surface area contributed by atoms with Crippen molar-refractivity contribution in [1.29, 1.82) is 0 Å². The van der Waals surface area contributed by atoms with Gasteiger partial charge in [0.05, 0.1) is 25.5 Å². The first-order chi connectivity index (χ1) is 13.6. The third-order valence-corrected chi connectivity index (χ3v) is 6.47. The number of nitrogens with one attached hydrogen (secondary N) is 2. The predicted molar refractivity (Wildman–Crippen MR) is 129 cm³/mol. The van der Waals surface area contributed by atoms with E-state index in [9.17, 15) is 8.42 Å². The number of benzene rings is 1. The Balaban J connectivity index is 0.00000420. The van der Waals surface area contributed by atoms with Crippen molar-refractivity contribution in [2.45, 2.75) is 45.4 Å². The summed E-state index contributed by atoms with van der Waals surface area (Å²) in [5.74, 6) is 0.767. The first-order valence-corrected chi connectivity index (χ1v) is 11.8. The smallest absolute Gasteiger partial charge is 0.218 e. The Hall–Kier alpha value is -0.910. The van der Waals surface area contributed by atoms with Crippen molar-refractivity contribution in [2.24, 2.45) is 4.99 Å². The summed E-state index contributed by atoms with van der Waals surface area (Å²) in [7, 11) is -3.35. The van der Waals surface area contributed by atoms with E-state index in [0.717, 1.165) is 36.6 Å². The van der Waals surface area contributed by atoms with Gasteiger partial charge < -0.3 is 15.4 Å². The van der Waals surface area contributed by atoms with Crippen LogP contribution in [0.5, 0.6) is 0 Å². The number of halogens is 1. The summed E-state index contributed by atoms with van der Waals surface area (Å²) in [5.41, 5.74) is 1.74. The van der Waals surface area contributed by atoms with E-state index in [1.165, 1.54) is 17.1 Å². The molecule has 0 saturated carbocycles. The zero-order valence-electron chi connectivity index (χ0n) is 17.5. The third kappa shape index (κ3) is 9.18. The maximum atomic E-state index is 12.8. The van der Waals surface area contributed by atoms with E-state index in [4.69, 9.17) is 4.74 Å². The van der Waals surface area contributed by atoms with Gasteiger partial charge in [-0.2, -0.15) is 4.31 Å². The van der Waals surface area contributed by atoms with E-state index in [0.29, 0.717) is 32.8 Å². The Labute approximate surface area is 192 Å². The molecular formula is C20H35IN4O3S. The fraction of sp³-hybridized carbons (Fsp3) is 0.650. The van der Waals surface area contributed by atoms with Gasteiger partial charge in [0.1, 0.15) is 0 Å². The second-order valence-electron chi connectivity index (χ2n) is 6.87. The number of morpholine rings is 1. The summed E-state index contributed by atoms with van der Waals surface area (Å²) in [5, 5.41) is 6.59. The molecule has 0 aliphatic carbocycles. The molecule has 9 heteroatoms. The number of unbranched alkanes of at least 4 members (excludes halogenated alkanes) is 2. The molecular weight excluding hydrogens is 503 g/mol. The molecule has 7 nitrogen and oxygen atoms in total. The largest absolute Gasteiger partial charge is 0.379 e. The van der Waals surface area contributed by atoms with Gasteiger partial charge in [-0.1, -0.05) is 44.0 Å². The van der Waals surface area contributed by atoms with Crippen LogP contribution in [0.4, 0.5) is 0 Å². The molecule has 1 aliphatic heterocycles. The van der Waals surface area contributed by atoms with Crippen molar-refractivity contribution in [2.75, 3.05) is 39.4 Å². The molecule has 1 fully saturated rings. The quantitative estimate of drug-likeness (QED) is 0.207. The first kappa shape index (κ1) is 26.1. The van der Waals surface area contributed by atoms with E-state index in [1.54, 1.807) is 0 Å². The summed E-state index contributed by atoms with van der Waals surface area (Å²) >= 11 is 0. The van der Waals surface area contributed by atoms with E-state index in [-0.39, 0.29) is 29.7 Å². The summed E-state index contributed by atoms with van der Waals surface area (Å²) < 4.78 is 32.3. The molecule has 1 aromatic rings. The number of guanidine groups is 1. The van der Waals surface area contributed by atoms with Gasteiger partial charge >= 0.3 is 0 Å². The van der Waals surface area contributed by atoms with Crippen LogP contribution in [0, 0.1) is 0 Å². The molecule has 2 rings (SSSR count). The van der Waals surface area contributed by atoms with Crippen molar-refractivity contribution >= 4 is 40.0 Å². The van der Waals surface area contributed by atoms with E-state index in [1.807, 2.05) is 31.2 Å². The van der Waals surface area contributed by atoms with Gasteiger partial charge in [-0.15, -0.1) is 24.0 Å². The lowest BCUT2D eigenvalue weighted by molar-refractivity contribution is 0.0729. The lowest BCUT2D eigenvalue weighted by atomic mass is 10.1. The van der Waals surface area contributed by atoms with Crippen molar-refractivity contribution in [3.8, 4) is 0 Å². The summed E-state index contributed by atoms with van der Waals surface area (Å²) in [6, 6.07) is 7.64. The van der Waals surface area contributed by atoms with Gasteiger partial charge in [0, 0.05) is 26.2 Å². The van der Waals surface area contributed by atoms with Crippen LogP contribution in [0.25, 0.3) is 0 Å². The average molecular weight is 538 g/mol. The van der Waals surface area contributed by atoms with Crippen molar-refractivity contribution in [1.82, 2.24) is 14.9 Å². The maximum Gasteiger partial charge on any atom is 0.218 e. The zero-order valence-corrected chi connectivity index (χ0v) is 20.7. The summed E-state index contributed by atoms with van der Waals surface area (Å²) in [6.45, 7) is 8.09. The van der Waals surface area contributed by atoms with Gasteiger partial charge in [-0.05, 0) is 24.5 Å². The molecule has 0 aromatic heterocycles. The number of nitrogens with zero attached hydrogens (tertiary/aromatic N) is 2. The normalized spacial score (nSPS) is 15.6. The first-order valence-electron chi connectivity index (χ1n) is 10.2. The van der Waals surface area contributed by atoms with Gasteiger partial charge in [0.2, 0.25) is 10.0 Å². The predicted octanol–water partition coefficient (Wildman–Crippen LogP) is 2.71. The highest BCUT2D eigenvalue weighted by molar-refractivity contribution is 14.0. The minimum Gasteiger partial charge on any atom is -0.379 e. The number of aliphatic imine (C=N–C) groups is 1. The third-order valence-electron chi connectivity index (χ3n) is 4.64. The van der Waals surface area contributed by atoms with Gasteiger partial charge in [0.15, 0.2) is 5.96 Å². The molecule has 1 aliphatic rings. The average Bonchev–Trinajstić information content (AvgIpc) is 2.70. The standard InChI is InChI=1S/C20H34N4O3S.HI/c1-3-5-8-11-22-20(21-4-2)23-16-18-9-6-7-10-19(18)17-28(25,26)24-12-14-27-15-13-24;/h6-7,9-10H,3-5,8,11-17H2,1-2H3,(H2,21,22,23);1H. The molecule has 0 amide bonds. The molecule has 0 spiro atoms. The molecule has 0 bridgehead atoms. The number of sulfonamides is 1. The second-order valence-corrected chi connectivity index (χ2v) is 8.83. The van der Waals surface area contributed by atoms with Crippen molar-refractivity contribution in [3.63, 3.8) is 0 Å². The Kier molecular flexibility index (Phi) is 12.8. The highest BCUT2D eigenvalue weighted by Crippen LogP contribution is 2.17. The molecule has 0 radical (unpaired) electrons. The van der Waals surface area contributed by atoms with Crippen LogP contribution < -0.4 is 10.6 Å². The topological polar surface area (TPSA) is 83.0 Å². The minimum absolute atomic E-state index is 0. The van der Waals surface area contributed by atoms with E-state index < -0.39 is 10.0 Å². The molecule has 166 valence electrons. The Morgan fingerprint density at radius 1 is 1.10 bits per heavy atom. The Morgan fingerprint density at radius 3 is 2.45 bits per heavy atom. The monoisotopic (exact) mass is 538 g/mol. The molecule has 29 heavy (non-hydrogen) atoms. The SMILES string of the molecule is CCCCCNC(=NCc1ccccc1CS(=O)(=O)N1CCOCC1)NCC.I. The number of hydrogen-bond donors (Lipinski definition) is 2. The van der Waals surface area contributed by atoms with E-state index in [2.05, 4.69) is 22.5 Å². The number of rotatable bonds is 10. The molecule has 0 unspecified atom stereocenters. The molecule has 1 aromatic carbocycles. The summed E-state index contributed by atoms with van der Waals surface area (Å²) in [6.07, 6.45) is 3.48. The number of ether oxygens (including phenoxy) is 1. The highest BCUT2D eigenvalue weighted by Gasteiger charge is 2.25. The Morgan fingerprint density at radius 2 is 1.79 bits per heavy atom. The van der Waals surface area contributed by atoms with E-state index >= 15 is 0 Å². The van der Waals surface area contributed by atoms with Crippen LogP contribution in [0.1, 0.15) is 44.2 Å². The second kappa shape index (κ2) is 14.2. The van der Waals surface area contributed by atoms with Crippen LogP contribution >= 0.6 is 24.0 Å². The molecule has 2 N–H and O–H groups in total. The van der Waals surface area contributed by atoms with Gasteiger partial charge in [0.25, 0.3) is 0 Å². The number of hydrogen-bond acceptors (Lipinski definition) is 4. The molecule has 0 atom stereocenters. The zero-order chi connectivity index (χ0) is 20.2. The lowest BCUT2D eigenvalue weighted by Gasteiger charge is -2.26.